The van der Waals surface area contributed by atoms with Crippen LogP contribution in [0, 0.1) is 0 Å². The maximum absolute atomic E-state index is 12.8. The van der Waals surface area contributed by atoms with Crippen LogP contribution in [0.1, 0.15) is 26.7 Å². The van der Waals surface area contributed by atoms with Crippen LogP contribution in [0.5, 0.6) is 0 Å². The maximum atomic E-state index is 12.8. The lowest BCUT2D eigenvalue weighted by Gasteiger charge is -2.43. The third-order valence-corrected chi connectivity index (χ3v) is 7.28. The molecule has 2 aliphatic rings. The van der Waals surface area contributed by atoms with Crippen LogP contribution < -0.4 is 0 Å². The van der Waals surface area contributed by atoms with Gasteiger partial charge < -0.3 is 4.74 Å². The molecule has 1 aromatic rings. The standard InChI is InChI=1S/C17H25BrN2O3S/c1-13-11-19(12-14(2)23-13)16-7-9-20(10-8-16)24(21,22)17-5-3-15(18)4-6-17/h3-6,13-14,16H,7-12H2,1-2H3/t13-,14-/m1/s1. The quantitative estimate of drug-likeness (QED) is 0.759. The minimum absolute atomic E-state index is 0.248. The lowest BCUT2D eigenvalue weighted by molar-refractivity contribution is -0.0847. The van der Waals surface area contributed by atoms with Crippen LogP contribution >= 0.6 is 15.9 Å². The van der Waals surface area contributed by atoms with E-state index in [0.29, 0.717) is 24.0 Å². The summed E-state index contributed by atoms with van der Waals surface area (Å²) in [5.74, 6) is 0. The molecule has 2 saturated heterocycles. The topological polar surface area (TPSA) is 49.9 Å². The van der Waals surface area contributed by atoms with Gasteiger partial charge in [0.15, 0.2) is 0 Å². The van der Waals surface area contributed by atoms with E-state index in [2.05, 4.69) is 34.7 Å². The van der Waals surface area contributed by atoms with Crippen molar-refractivity contribution in [3.05, 3.63) is 28.7 Å². The van der Waals surface area contributed by atoms with Crippen molar-refractivity contribution < 1.29 is 13.2 Å². The molecule has 2 heterocycles. The highest BCUT2D eigenvalue weighted by atomic mass is 79.9. The van der Waals surface area contributed by atoms with Gasteiger partial charge in [0.1, 0.15) is 0 Å². The number of benzene rings is 1. The van der Waals surface area contributed by atoms with Gasteiger partial charge in [-0.25, -0.2) is 8.42 Å². The molecule has 1 aromatic carbocycles. The molecule has 0 radical (unpaired) electrons. The number of sulfonamides is 1. The van der Waals surface area contributed by atoms with Gasteiger partial charge in [-0.15, -0.1) is 0 Å². The van der Waals surface area contributed by atoms with Crippen LogP contribution in [-0.2, 0) is 14.8 Å². The van der Waals surface area contributed by atoms with E-state index in [1.54, 1.807) is 28.6 Å². The number of nitrogens with zero attached hydrogens (tertiary/aromatic N) is 2. The highest BCUT2D eigenvalue weighted by Gasteiger charge is 2.34. The molecule has 0 N–H and O–H groups in total. The Kier molecular flexibility index (Phi) is 5.66. The van der Waals surface area contributed by atoms with Gasteiger partial charge in [0, 0.05) is 36.7 Å². The van der Waals surface area contributed by atoms with Crippen LogP contribution in [0.3, 0.4) is 0 Å². The second kappa shape index (κ2) is 7.41. The second-order valence-corrected chi connectivity index (χ2v) is 9.65. The summed E-state index contributed by atoms with van der Waals surface area (Å²) in [4.78, 5) is 2.85. The zero-order valence-electron chi connectivity index (χ0n) is 14.2. The van der Waals surface area contributed by atoms with Gasteiger partial charge in [0.25, 0.3) is 0 Å². The summed E-state index contributed by atoms with van der Waals surface area (Å²) in [7, 11) is -3.39. The maximum Gasteiger partial charge on any atom is 0.243 e. The van der Waals surface area contributed by atoms with Crippen molar-refractivity contribution in [3.63, 3.8) is 0 Å². The Labute approximate surface area is 153 Å². The first-order valence-electron chi connectivity index (χ1n) is 8.51. The molecule has 0 spiro atoms. The van der Waals surface area contributed by atoms with E-state index in [4.69, 9.17) is 4.74 Å². The molecule has 0 amide bonds. The number of rotatable bonds is 3. The van der Waals surface area contributed by atoms with Gasteiger partial charge in [-0.3, -0.25) is 4.90 Å². The summed E-state index contributed by atoms with van der Waals surface area (Å²) in [5.41, 5.74) is 0. The number of hydrogen-bond acceptors (Lipinski definition) is 4. The van der Waals surface area contributed by atoms with Gasteiger partial charge in [-0.05, 0) is 51.0 Å². The Morgan fingerprint density at radius 1 is 1.04 bits per heavy atom. The monoisotopic (exact) mass is 416 g/mol. The molecule has 2 atom stereocenters. The van der Waals surface area contributed by atoms with Crippen LogP contribution in [0.2, 0.25) is 0 Å². The molecule has 0 saturated carbocycles. The Balaban J connectivity index is 1.63. The molecular weight excluding hydrogens is 392 g/mol. The zero-order chi connectivity index (χ0) is 17.3. The highest BCUT2D eigenvalue weighted by Crippen LogP contribution is 2.26. The third-order valence-electron chi connectivity index (χ3n) is 4.84. The number of halogens is 1. The second-order valence-electron chi connectivity index (χ2n) is 6.80. The van der Waals surface area contributed by atoms with Gasteiger partial charge in [-0.2, -0.15) is 4.31 Å². The van der Waals surface area contributed by atoms with E-state index in [-0.39, 0.29) is 12.2 Å². The predicted molar refractivity (Wildman–Crippen MR) is 97.5 cm³/mol. The summed E-state index contributed by atoms with van der Waals surface area (Å²) in [6.45, 7) is 7.26. The van der Waals surface area contributed by atoms with Crippen LogP contribution in [0.15, 0.2) is 33.6 Å². The Morgan fingerprint density at radius 2 is 1.58 bits per heavy atom. The van der Waals surface area contributed by atoms with Crippen molar-refractivity contribution in [2.24, 2.45) is 0 Å². The predicted octanol–water partition coefficient (Wildman–Crippen LogP) is 2.71. The summed E-state index contributed by atoms with van der Waals surface area (Å²) in [6, 6.07) is 7.33. The molecule has 134 valence electrons. The minimum Gasteiger partial charge on any atom is -0.373 e. The number of piperidine rings is 1. The lowest BCUT2D eigenvalue weighted by atomic mass is 10.0. The van der Waals surface area contributed by atoms with E-state index in [1.807, 2.05) is 0 Å². The van der Waals surface area contributed by atoms with E-state index < -0.39 is 10.0 Å². The van der Waals surface area contributed by atoms with E-state index in [1.165, 1.54) is 0 Å². The van der Waals surface area contributed by atoms with Crippen molar-refractivity contribution in [3.8, 4) is 0 Å². The average molecular weight is 417 g/mol. The van der Waals surface area contributed by atoms with Crippen LogP contribution in [-0.4, -0.2) is 62.1 Å². The zero-order valence-corrected chi connectivity index (χ0v) is 16.6. The van der Waals surface area contributed by atoms with E-state index in [0.717, 1.165) is 30.4 Å². The normalized spacial score (nSPS) is 28.1. The molecular formula is C17H25BrN2O3S. The average Bonchev–Trinajstić information content (AvgIpc) is 2.54. The molecule has 3 rings (SSSR count). The Bertz CT molecular complexity index is 647. The largest absolute Gasteiger partial charge is 0.373 e. The third kappa shape index (κ3) is 4.02. The SMILES string of the molecule is C[C@@H]1CN(C2CCN(S(=O)(=O)c3ccc(Br)cc3)CC2)C[C@@H](C)O1. The van der Waals surface area contributed by atoms with Crippen molar-refractivity contribution in [2.45, 2.75) is 49.8 Å². The van der Waals surface area contributed by atoms with Crippen molar-refractivity contribution in [2.75, 3.05) is 26.2 Å². The molecule has 5 nitrogen and oxygen atoms in total. The molecule has 2 fully saturated rings. The first kappa shape index (κ1) is 18.3. The Morgan fingerprint density at radius 3 is 2.12 bits per heavy atom. The van der Waals surface area contributed by atoms with Crippen molar-refractivity contribution >= 4 is 26.0 Å². The molecule has 0 aromatic heterocycles. The molecule has 0 aliphatic carbocycles. The van der Waals surface area contributed by atoms with Gasteiger partial charge in [0.2, 0.25) is 10.0 Å². The fourth-order valence-corrected chi connectivity index (χ4v) is 5.45. The summed E-state index contributed by atoms with van der Waals surface area (Å²) in [6.07, 6.45) is 2.27. The minimum atomic E-state index is -3.39. The van der Waals surface area contributed by atoms with E-state index in [9.17, 15) is 8.42 Å². The number of hydrogen-bond donors (Lipinski definition) is 0. The van der Waals surface area contributed by atoms with Crippen LogP contribution in [0.25, 0.3) is 0 Å². The van der Waals surface area contributed by atoms with Gasteiger partial charge in [-0.1, -0.05) is 15.9 Å². The van der Waals surface area contributed by atoms with E-state index >= 15 is 0 Å². The smallest absolute Gasteiger partial charge is 0.243 e. The first-order chi connectivity index (χ1) is 11.4. The number of morpholine rings is 1. The highest BCUT2D eigenvalue weighted by molar-refractivity contribution is 9.10. The van der Waals surface area contributed by atoms with Crippen molar-refractivity contribution in [1.29, 1.82) is 0 Å². The fourth-order valence-electron chi connectivity index (χ4n) is 3.72. The molecule has 2 aliphatic heterocycles. The Hall–Kier alpha value is -0.470. The summed E-state index contributed by atoms with van der Waals surface area (Å²) < 4.78 is 33.8. The molecule has 24 heavy (non-hydrogen) atoms. The lowest BCUT2D eigenvalue weighted by Crippen LogP contribution is -2.53. The van der Waals surface area contributed by atoms with Gasteiger partial charge >= 0.3 is 0 Å². The molecule has 0 bridgehead atoms. The van der Waals surface area contributed by atoms with Crippen LogP contribution in [0.4, 0.5) is 0 Å². The fraction of sp³-hybridized carbons (Fsp3) is 0.647. The first-order valence-corrected chi connectivity index (χ1v) is 10.7. The van der Waals surface area contributed by atoms with Gasteiger partial charge in [0.05, 0.1) is 17.1 Å². The summed E-state index contributed by atoms with van der Waals surface area (Å²) in [5, 5.41) is 0. The summed E-state index contributed by atoms with van der Waals surface area (Å²) >= 11 is 3.35. The number of ether oxygens (including phenoxy) is 1. The van der Waals surface area contributed by atoms with Crippen molar-refractivity contribution in [1.82, 2.24) is 9.21 Å². The molecule has 7 heteroatoms. The molecule has 0 unspecified atom stereocenters.